The number of aromatic nitrogens is 2. The Bertz CT molecular complexity index is 870. The highest BCUT2D eigenvalue weighted by atomic mass is 16.5. The number of aromatic amines is 1. The number of carbonyl (C=O) groups excluding carboxylic acids is 1. The first-order valence-electron chi connectivity index (χ1n) is 8.67. The summed E-state index contributed by atoms with van der Waals surface area (Å²) < 4.78 is 5.52. The molecule has 0 bridgehead atoms. The molecule has 5 nitrogen and oxygen atoms in total. The third-order valence-corrected chi connectivity index (χ3v) is 4.65. The molecule has 1 aromatic heterocycles. The maximum Gasteiger partial charge on any atom is 0.227 e. The average molecular weight is 335 g/mol. The predicted octanol–water partition coefficient (Wildman–Crippen LogP) is 3.98. The standard InChI is InChI=1S/C20H21N3O2/c1-13-11-15(9-10-25-13)20(24)21-16-6-4-5-14(12-16)19-22-17-7-2-3-8-18(17)23-19/h2-8,12-13,15H,9-11H2,1H3,(H,21,24)(H,22,23)/t13-,15-/m1/s1. The van der Waals surface area contributed by atoms with E-state index in [1.807, 2.05) is 55.5 Å². The number of para-hydroxylation sites is 2. The van der Waals surface area contributed by atoms with Gasteiger partial charge in [0.05, 0.1) is 17.1 Å². The fourth-order valence-corrected chi connectivity index (χ4v) is 3.31. The number of benzene rings is 2. The first-order valence-corrected chi connectivity index (χ1v) is 8.67. The summed E-state index contributed by atoms with van der Waals surface area (Å²) in [6.07, 6.45) is 1.69. The van der Waals surface area contributed by atoms with Crippen molar-refractivity contribution in [1.82, 2.24) is 9.97 Å². The summed E-state index contributed by atoms with van der Waals surface area (Å²) in [6, 6.07) is 15.7. The van der Waals surface area contributed by atoms with Crippen molar-refractivity contribution < 1.29 is 9.53 Å². The molecule has 1 aliphatic rings. The number of hydrogen-bond acceptors (Lipinski definition) is 3. The molecular weight excluding hydrogens is 314 g/mol. The van der Waals surface area contributed by atoms with Crippen LogP contribution in [-0.4, -0.2) is 28.6 Å². The van der Waals surface area contributed by atoms with E-state index < -0.39 is 0 Å². The van der Waals surface area contributed by atoms with Gasteiger partial charge in [-0.1, -0.05) is 24.3 Å². The van der Waals surface area contributed by atoms with Gasteiger partial charge in [-0.15, -0.1) is 0 Å². The summed E-state index contributed by atoms with van der Waals surface area (Å²) in [5, 5.41) is 3.04. The van der Waals surface area contributed by atoms with E-state index in [0.717, 1.165) is 41.0 Å². The average Bonchev–Trinajstić information content (AvgIpc) is 3.06. The van der Waals surface area contributed by atoms with E-state index in [1.165, 1.54) is 0 Å². The first-order chi connectivity index (χ1) is 12.2. The molecule has 128 valence electrons. The molecule has 25 heavy (non-hydrogen) atoms. The molecule has 0 radical (unpaired) electrons. The molecule has 2 heterocycles. The molecular formula is C20H21N3O2. The van der Waals surface area contributed by atoms with Crippen LogP contribution in [0.25, 0.3) is 22.4 Å². The number of fused-ring (bicyclic) bond motifs is 1. The van der Waals surface area contributed by atoms with Gasteiger partial charge in [-0.2, -0.15) is 0 Å². The van der Waals surface area contributed by atoms with Crippen molar-refractivity contribution in [2.24, 2.45) is 5.92 Å². The summed E-state index contributed by atoms with van der Waals surface area (Å²) in [6.45, 7) is 2.67. The smallest absolute Gasteiger partial charge is 0.227 e. The summed E-state index contributed by atoms with van der Waals surface area (Å²) in [5.74, 6) is 0.882. The van der Waals surface area contributed by atoms with Crippen LogP contribution in [0.1, 0.15) is 19.8 Å². The number of H-pyrrole nitrogens is 1. The lowest BCUT2D eigenvalue weighted by Gasteiger charge is -2.26. The summed E-state index contributed by atoms with van der Waals surface area (Å²) in [5.41, 5.74) is 3.68. The normalized spacial score (nSPS) is 20.5. The van der Waals surface area contributed by atoms with Crippen LogP contribution in [0.3, 0.4) is 0 Å². The van der Waals surface area contributed by atoms with Crippen LogP contribution in [0.15, 0.2) is 48.5 Å². The van der Waals surface area contributed by atoms with Gasteiger partial charge in [-0.25, -0.2) is 4.98 Å². The molecule has 4 rings (SSSR count). The highest BCUT2D eigenvalue weighted by molar-refractivity contribution is 5.93. The lowest BCUT2D eigenvalue weighted by molar-refractivity contribution is -0.124. The fourth-order valence-electron chi connectivity index (χ4n) is 3.31. The minimum atomic E-state index is 0.0126. The summed E-state index contributed by atoms with van der Waals surface area (Å²) in [4.78, 5) is 20.5. The molecule has 1 fully saturated rings. The first kappa shape index (κ1) is 15.8. The van der Waals surface area contributed by atoms with E-state index in [1.54, 1.807) is 0 Å². The van der Waals surface area contributed by atoms with E-state index >= 15 is 0 Å². The Morgan fingerprint density at radius 1 is 1.24 bits per heavy atom. The highest BCUT2D eigenvalue weighted by Crippen LogP contribution is 2.25. The second kappa shape index (κ2) is 6.69. The van der Waals surface area contributed by atoms with Gasteiger partial charge >= 0.3 is 0 Å². The van der Waals surface area contributed by atoms with Gasteiger partial charge in [0.15, 0.2) is 0 Å². The largest absolute Gasteiger partial charge is 0.378 e. The van der Waals surface area contributed by atoms with Gasteiger partial charge in [-0.05, 0) is 44.0 Å². The van der Waals surface area contributed by atoms with E-state index in [0.29, 0.717) is 6.61 Å². The van der Waals surface area contributed by atoms with Gasteiger partial charge in [0, 0.05) is 23.8 Å². The van der Waals surface area contributed by atoms with Gasteiger partial charge in [0.1, 0.15) is 5.82 Å². The molecule has 0 aliphatic carbocycles. The molecule has 0 unspecified atom stereocenters. The SMILES string of the molecule is C[C@@H]1C[C@H](C(=O)Nc2cccc(-c3nc4ccccc4[nH]3)c2)CCO1. The van der Waals surface area contributed by atoms with Crippen molar-refractivity contribution in [3.05, 3.63) is 48.5 Å². The molecule has 1 aliphatic heterocycles. The van der Waals surface area contributed by atoms with Gasteiger partial charge in [0.2, 0.25) is 5.91 Å². The Morgan fingerprint density at radius 2 is 2.12 bits per heavy atom. The Hall–Kier alpha value is -2.66. The Morgan fingerprint density at radius 3 is 2.96 bits per heavy atom. The molecule has 0 spiro atoms. The van der Waals surface area contributed by atoms with Crippen LogP contribution in [0.4, 0.5) is 5.69 Å². The number of ether oxygens (including phenoxy) is 1. The molecule has 2 N–H and O–H groups in total. The van der Waals surface area contributed by atoms with Crippen LogP contribution in [0, 0.1) is 5.92 Å². The van der Waals surface area contributed by atoms with Crippen molar-refractivity contribution in [3.8, 4) is 11.4 Å². The monoisotopic (exact) mass is 335 g/mol. The topological polar surface area (TPSA) is 67.0 Å². The van der Waals surface area contributed by atoms with Crippen LogP contribution in [-0.2, 0) is 9.53 Å². The summed E-state index contributed by atoms with van der Waals surface area (Å²) in [7, 11) is 0. The molecule has 0 saturated carbocycles. The fraction of sp³-hybridized carbons (Fsp3) is 0.300. The number of amides is 1. The highest BCUT2D eigenvalue weighted by Gasteiger charge is 2.25. The molecule has 2 aromatic carbocycles. The van der Waals surface area contributed by atoms with E-state index in [2.05, 4.69) is 15.3 Å². The zero-order valence-electron chi connectivity index (χ0n) is 14.2. The molecule has 1 saturated heterocycles. The minimum Gasteiger partial charge on any atom is -0.378 e. The van der Waals surface area contributed by atoms with Gasteiger partial charge in [-0.3, -0.25) is 4.79 Å². The number of rotatable bonds is 3. The van der Waals surface area contributed by atoms with Crippen molar-refractivity contribution in [3.63, 3.8) is 0 Å². The van der Waals surface area contributed by atoms with Crippen LogP contribution in [0.2, 0.25) is 0 Å². The van der Waals surface area contributed by atoms with Crippen molar-refractivity contribution in [2.45, 2.75) is 25.9 Å². The quantitative estimate of drug-likeness (QED) is 0.761. The van der Waals surface area contributed by atoms with E-state index in [-0.39, 0.29) is 17.9 Å². The Balaban J connectivity index is 1.54. The number of nitrogens with one attached hydrogen (secondary N) is 2. The van der Waals surface area contributed by atoms with Crippen LogP contribution < -0.4 is 5.32 Å². The molecule has 5 heteroatoms. The van der Waals surface area contributed by atoms with Gasteiger partial charge in [0.25, 0.3) is 0 Å². The minimum absolute atomic E-state index is 0.0126. The van der Waals surface area contributed by atoms with E-state index in [4.69, 9.17) is 4.74 Å². The number of anilines is 1. The second-order valence-corrected chi connectivity index (χ2v) is 6.58. The van der Waals surface area contributed by atoms with Crippen LogP contribution >= 0.6 is 0 Å². The van der Waals surface area contributed by atoms with Crippen molar-refractivity contribution in [1.29, 1.82) is 0 Å². The van der Waals surface area contributed by atoms with Crippen molar-refractivity contribution >= 4 is 22.6 Å². The lowest BCUT2D eigenvalue weighted by atomic mass is 9.95. The predicted molar refractivity (Wildman–Crippen MR) is 98.3 cm³/mol. The number of hydrogen-bond donors (Lipinski definition) is 2. The zero-order valence-corrected chi connectivity index (χ0v) is 14.2. The number of carbonyl (C=O) groups is 1. The lowest BCUT2D eigenvalue weighted by Crippen LogP contribution is -2.32. The van der Waals surface area contributed by atoms with E-state index in [9.17, 15) is 4.79 Å². The number of imidazole rings is 1. The van der Waals surface area contributed by atoms with Crippen molar-refractivity contribution in [2.75, 3.05) is 11.9 Å². The maximum absolute atomic E-state index is 12.5. The zero-order chi connectivity index (χ0) is 17.2. The van der Waals surface area contributed by atoms with Crippen LogP contribution in [0.5, 0.6) is 0 Å². The molecule has 2 atom stereocenters. The Labute approximate surface area is 146 Å². The van der Waals surface area contributed by atoms with Gasteiger partial charge < -0.3 is 15.0 Å². The maximum atomic E-state index is 12.5. The second-order valence-electron chi connectivity index (χ2n) is 6.58. The Kier molecular flexibility index (Phi) is 4.24. The molecule has 3 aromatic rings. The third kappa shape index (κ3) is 3.42. The third-order valence-electron chi connectivity index (χ3n) is 4.65. The molecule has 1 amide bonds. The number of nitrogens with zero attached hydrogens (tertiary/aromatic N) is 1. The summed E-state index contributed by atoms with van der Waals surface area (Å²) >= 11 is 0.